The Hall–Kier alpha value is -3.55. The topological polar surface area (TPSA) is 106 Å². The Kier molecular flexibility index (Phi) is 7.92. The van der Waals surface area contributed by atoms with Gasteiger partial charge in [0.15, 0.2) is 0 Å². The lowest BCUT2D eigenvalue weighted by Crippen LogP contribution is -2.52. The summed E-state index contributed by atoms with van der Waals surface area (Å²) in [6, 6.07) is 15.6. The van der Waals surface area contributed by atoms with E-state index in [0.29, 0.717) is 0 Å². The van der Waals surface area contributed by atoms with Crippen molar-refractivity contribution in [3.8, 4) is 0 Å². The van der Waals surface area contributed by atoms with Gasteiger partial charge in [-0.2, -0.15) is 0 Å². The Morgan fingerprint density at radius 3 is 2.45 bits per heavy atom. The second-order valence-corrected chi connectivity index (χ2v) is 8.94. The van der Waals surface area contributed by atoms with Crippen molar-refractivity contribution in [2.45, 2.75) is 57.9 Å². The molecule has 0 unspecified atom stereocenters. The van der Waals surface area contributed by atoms with E-state index in [-0.39, 0.29) is 19.2 Å². The number of aryl methyl sites for hydroxylation is 1. The zero-order valence-electron chi connectivity index (χ0n) is 19.2. The van der Waals surface area contributed by atoms with Gasteiger partial charge in [-0.3, -0.25) is 0 Å². The minimum absolute atomic E-state index is 0.0528. The molecule has 8 nitrogen and oxygen atoms in total. The molecule has 0 aromatic heterocycles. The molecule has 0 fully saturated rings. The normalized spacial score (nSPS) is 15.7. The van der Waals surface area contributed by atoms with Crippen LogP contribution in [0.5, 0.6) is 0 Å². The summed E-state index contributed by atoms with van der Waals surface area (Å²) in [5, 5.41) is 8.10. The van der Waals surface area contributed by atoms with Crippen LogP contribution in [-0.4, -0.2) is 36.3 Å². The van der Waals surface area contributed by atoms with Crippen LogP contribution in [-0.2, 0) is 27.3 Å². The standard InChI is InChI=1S/C25H31N3O5/c1-25(2,3)33-24(31)28-21(22(29)32-16-17-9-5-4-6-10-17)15-26-23(30)27-20-14-13-18-11-7-8-12-19(18)20/h4-12,20-21H,13-16H2,1-3H3,(H,28,31)(H2,26,27,30)/t20-,21+/m1/s1. The molecule has 3 N–H and O–H groups in total. The molecule has 2 aromatic carbocycles. The molecule has 0 radical (unpaired) electrons. The fraction of sp³-hybridized carbons (Fsp3) is 0.400. The van der Waals surface area contributed by atoms with E-state index in [1.807, 2.05) is 48.5 Å². The average Bonchev–Trinajstić information content (AvgIpc) is 3.17. The maximum Gasteiger partial charge on any atom is 0.408 e. The van der Waals surface area contributed by atoms with Crippen LogP contribution in [0, 0.1) is 0 Å². The Balaban J connectivity index is 1.57. The Labute approximate surface area is 194 Å². The summed E-state index contributed by atoms with van der Waals surface area (Å²) >= 11 is 0. The number of nitrogens with one attached hydrogen (secondary N) is 3. The summed E-state index contributed by atoms with van der Waals surface area (Å²) in [4.78, 5) is 37.4. The van der Waals surface area contributed by atoms with Crippen LogP contribution in [0.3, 0.4) is 0 Å². The van der Waals surface area contributed by atoms with Crippen molar-refractivity contribution in [1.82, 2.24) is 16.0 Å². The quantitative estimate of drug-likeness (QED) is 0.556. The van der Waals surface area contributed by atoms with Gasteiger partial charge in [0.2, 0.25) is 0 Å². The SMILES string of the molecule is CC(C)(C)OC(=O)N[C@@H](CNC(=O)N[C@@H]1CCc2ccccc21)C(=O)OCc1ccccc1. The molecule has 33 heavy (non-hydrogen) atoms. The number of benzene rings is 2. The predicted octanol–water partition coefficient (Wildman–Crippen LogP) is 3.61. The number of esters is 1. The number of rotatable bonds is 7. The fourth-order valence-corrected chi connectivity index (χ4v) is 3.58. The number of urea groups is 1. The van der Waals surface area contributed by atoms with E-state index in [1.165, 1.54) is 5.56 Å². The molecule has 2 atom stereocenters. The molecular weight excluding hydrogens is 422 g/mol. The summed E-state index contributed by atoms with van der Waals surface area (Å²) in [5.41, 5.74) is 2.39. The molecule has 1 aliphatic rings. The Bertz CT molecular complexity index is 972. The number of fused-ring (bicyclic) bond motifs is 1. The van der Waals surface area contributed by atoms with Crippen LogP contribution in [0.2, 0.25) is 0 Å². The summed E-state index contributed by atoms with van der Waals surface area (Å²) in [6.07, 6.45) is 0.942. The lowest BCUT2D eigenvalue weighted by atomic mass is 10.1. The van der Waals surface area contributed by atoms with Crippen molar-refractivity contribution in [3.05, 3.63) is 71.3 Å². The third kappa shape index (κ3) is 7.52. The highest BCUT2D eigenvalue weighted by Gasteiger charge is 2.27. The summed E-state index contributed by atoms with van der Waals surface area (Å²) < 4.78 is 10.6. The van der Waals surface area contributed by atoms with Crippen LogP contribution >= 0.6 is 0 Å². The van der Waals surface area contributed by atoms with E-state index < -0.39 is 29.7 Å². The minimum atomic E-state index is -1.11. The first-order valence-electron chi connectivity index (χ1n) is 11.0. The molecule has 8 heteroatoms. The molecule has 0 aliphatic heterocycles. The van der Waals surface area contributed by atoms with Crippen molar-refractivity contribution in [2.24, 2.45) is 0 Å². The monoisotopic (exact) mass is 453 g/mol. The molecule has 1 aliphatic carbocycles. The van der Waals surface area contributed by atoms with Gasteiger partial charge in [0.1, 0.15) is 18.2 Å². The van der Waals surface area contributed by atoms with Crippen molar-refractivity contribution in [1.29, 1.82) is 0 Å². The van der Waals surface area contributed by atoms with Gasteiger partial charge in [-0.15, -0.1) is 0 Å². The molecule has 3 rings (SSSR count). The maximum atomic E-state index is 12.7. The van der Waals surface area contributed by atoms with Crippen LogP contribution < -0.4 is 16.0 Å². The van der Waals surface area contributed by atoms with Gasteiger partial charge < -0.3 is 25.4 Å². The lowest BCUT2D eigenvalue weighted by molar-refractivity contribution is -0.147. The second-order valence-electron chi connectivity index (χ2n) is 8.94. The van der Waals surface area contributed by atoms with E-state index in [2.05, 4.69) is 22.0 Å². The highest BCUT2D eigenvalue weighted by atomic mass is 16.6. The molecule has 0 bridgehead atoms. The third-order valence-corrected chi connectivity index (χ3v) is 5.10. The molecule has 176 valence electrons. The first-order chi connectivity index (χ1) is 15.7. The third-order valence-electron chi connectivity index (χ3n) is 5.10. The van der Waals surface area contributed by atoms with E-state index in [9.17, 15) is 14.4 Å². The van der Waals surface area contributed by atoms with Gasteiger partial charge in [-0.25, -0.2) is 14.4 Å². The van der Waals surface area contributed by atoms with E-state index in [4.69, 9.17) is 9.47 Å². The van der Waals surface area contributed by atoms with Crippen molar-refractivity contribution in [2.75, 3.05) is 6.54 Å². The first kappa shape index (κ1) is 24.1. The number of hydrogen-bond donors (Lipinski definition) is 3. The van der Waals surface area contributed by atoms with Gasteiger partial charge in [0.25, 0.3) is 0 Å². The van der Waals surface area contributed by atoms with Gasteiger partial charge in [0, 0.05) is 0 Å². The Morgan fingerprint density at radius 1 is 1.03 bits per heavy atom. The second kappa shape index (κ2) is 10.8. The fourth-order valence-electron chi connectivity index (χ4n) is 3.58. The largest absolute Gasteiger partial charge is 0.459 e. The lowest BCUT2D eigenvalue weighted by Gasteiger charge is -2.23. The molecule has 3 amide bonds. The van der Waals surface area contributed by atoms with Crippen LogP contribution in [0.4, 0.5) is 9.59 Å². The molecule has 0 spiro atoms. The number of hydrogen-bond acceptors (Lipinski definition) is 5. The summed E-state index contributed by atoms with van der Waals surface area (Å²) in [7, 11) is 0. The van der Waals surface area contributed by atoms with Crippen molar-refractivity contribution >= 4 is 18.1 Å². The first-order valence-corrected chi connectivity index (χ1v) is 11.0. The predicted molar refractivity (Wildman–Crippen MR) is 123 cm³/mol. The van der Waals surface area contributed by atoms with E-state index >= 15 is 0 Å². The zero-order valence-corrected chi connectivity index (χ0v) is 19.2. The van der Waals surface area contributed by atoms with E-state index in [1.54, 1.807) is 20.8 Å². The minimum Gasteiger partial charge on any atom is -0.459 e. The number of amides is 3. The summed E-state index contributed by atoms with van der Waals surface area (Å²) in [6.45, 7) is 5.08. The molecular formula is C25H31N3O5. The summed E-state index contributed by atoms with van der Waals surface area (Å²) in [5.74, 6) is -0.670. The number of carbonyl (C=O) groups excluding carboxylic acids is 3. The van der Waals surface area contributed by atoms with Gasteiger partial charge >= 0.3 is 18.1 Å². The van der Waals surface area contributed by atoms with Crippen molar-refractivity contribution in [3.63, 3.8) is 0 Å². The van der Waals surface area contributed by atoms with E-state index in [0.717, 1.165) is 24.0 Å². The van der Waals surface area contributed by atoms with Gasteiger partial charge in [0.05, 0.1) is 12.6 Å². The molecule has 2 aromatic rings. The number of ether oxygens (including phenoxy) is 2. The maximum absolute atomic E-state index is 12.7. The van der Waals surface area contributed by atoms with Gasteiger partial charge in [-0.1, -0.05) is 54.6 Å². The highest BCUT2D eigenvalue weighted by Crippen LogP contribution is 2.30. The Morgan fingerprint density at radius 2 is 1.73 bits per heavy atom. The molecule has 0 heterocycles. The van der Waals surface area contributed by atoms with Crippen molar-refractivity contribution < 1.29 is 23.9 Å². The number of alkyl carbamates (subject to hydrolysis) is 1. The molecule has 0 saturated heterocycles. The van der Waals surface area contributed by atoms with Crippen LogP contribution in [0.1, 0.15) is 49.9 Å². The molecule has 0 saturated carbocycles. The van der Waals surface area contributed by atoms with Gasteiger partial charge in [-0.05, 0) is 50.3 Å². The number of carbonyl (C=O) groups is 3. The average molecular weight is 454 g/mol. The highest BCUT2D eigenvalue weighted by molar-refractivity contribution is 5.83. The zero-order chi connectivity index (χ0) is 23.8. The van der Waals surface area contributed by atoms with Crippen LogP contribution in [0.25, 0.3) is 0 Å². The van der Waals surface area contributed by atoms with Crippen LogP contribution in [0.15, 0.2) is 54.6 Å². The smallest absolute Gasteiger partial charge is 0.408 e.